The van der Waals surface area contributed by atoms with Crippen molar-refractivity contribution in [1.29, 1.82) is 0 Å². The van der Waals surface area contributed by atoms with Crippen molar-refractivity contribution in [2.75, 3.05) is 0 Å². The lowest BCUT2D eigenvalue weighted by molar-refractivity contribution is -0.131. The van der Waals surface area contributed by atoms with Gasteiger partial charge in [-0.2, -0.15) is 0 Å². The summed E-state index contributed by atoms with van der Waals surface area (Å²) in [7, 11) is 0. The van der Waals surface area contributed by atoms with Gasteiger partial charge in [0.25, 0.3) is 0 Å². The number of aliphatic hydroxyl groups excluding tert-OH is 1. The van der Waals surface area contributed by atoms with Gasteiger partial charge >= 0.3 is 0 Å². The van der Waals surface area contributed by atoms with Gasteiger partial charge in [0.05, 0.1) is 21.7 Å². The molecule has 232 valence electrons. The predicted molar refractivity (Wildman–Crippen MR) is 202 cm³/mol. The standard InChI is InChI=1S/C41H24Cl2O3S2/c42-33-17-9-7-15-29(33)37-23-25(21-35(47-37)27-11-3-1-4-12-27)19-31-39(44)32(41(46)40(31)45)20-26-22-36(28-13-5-2-6-14-28)48-38(24-26)30-16-8-10-18-34(30)43/h1-24H/p+1. The third-order valence-corrected chi connectivity index (χ3v) is 10.8. The molecule has 4 aromatic carbocycles. The van der Waals surface area contributed by atoms with Crippen molar-refractivity contribution in [3.63, 3.8) is 0 Å². The van der Waals surface area contributed by atoms with Gasteiger partial charge in [0, 0.05) is 38.1 Å². The van der Waals surface area contributed by atoms with Crippen LogP contribution in [0.1, 0.15) is 16.7 Å². The molecule has 48 heavy (non-hydrogen) atoms. The van der Waals surface area contributed by atoms with E-state index in [2.05, 4.69) is 0 Å². The number of rotatable bonds is 6. The number of halogens is 2. The number of ketones is 2. The van der Waals surface area contributed by atoms with Crippen molar-refractivity contribution < 1.29 is 14.7 Å². The van der Waals surface area contributed by atoms with Gasteiger partial charge in [0.1, 0.15) is 5.76 Å². The predicted octanol–water partition coefficient (Wildman–Crippen LogP) is 11.8. The summed E-state index contributed by atoms with van der Waals surface area (Å²) < 4.78 is 0. The summed E-state index contributed by atoms with van der Waals surface area (Å²) in [4.78, 5) is 30.5. The molecular weight excluding hydrogens is 675 g/mol. The molecular formula is C41H25Cl2O3S2+. The summed E-state index contributed by atoms with van der Waals surface area (Å²) in [6.45, 7) is 0. The molecule has 3 nitrogen and oxygen atoms in total. The first kappa shape index (κ1) is 31.8. The molecule has 1 aromatic heterocycles. The molecule has 0 saturated heterocycles. The van der Waals surface area contributed by atoms with Crippen LogP contribution < -0.4 is 0 Å². The normalized spacial score (nSPS) is 16.5. The van der Waals surface area contributed by atoms with E-state index < -0.39 is 11.6 Å². The van der Waals surface area contributed by atoms with E-state index in [1.54, 1.807) is 35.3 Å². The Morgan fingerprint density at radius 2 is 1.17 bits per heavy atom. The van der Waals surface area contributed by atoms with E-state index >= 15 is 0 Å². The number of thioether (sulfide) groups is 1. The van der Waals surface area contributed by atoms with Gasteiger partial charge in [-0.1, -0.05) is 114 Å². The molecule has 2 heterocycles. The number of hydrogen-bond donors (Lipinski definition) is 1. The first-order valence-electron chi connectivity index (χ1n) is 15.0. The molecule has 0 unspecified atom stereocenters. The molecule has 0 radical (unpaired) electrons. The van der Waals surface area contributed by atoms with Crippen LogP contribution in [0, 0.1) is 0 Å². The van der Waals surface area contributed by atoms with Crippen LogP contribution in [-0.4, -0.2) is 16.7 Å². The van der Waals surface area contributed by atoms with E-state index in [1.165, 1.54) is 0 Å². The highest BCUT2D eigenvalue weighted by Crippen LogP contribution is 2.46. The molecule has 7 rings (SSSR count). The summed E-state index contributed by atoms with van der Waals surface area (Å²) in [6.07, 6.45) is 7.01. The molecule has 1 aliphatic heterocycles. The third kappa shape index (κ3) is 6.51. The van der Waals surface area contributed by atoms with E-state index in [1.807, 2.05) is 133 Å². The van der Waals surface area contributed by atoms with Crippen LogP contribution in [0.15, 0.2) is 162 Å². The molecule has 0 atom stereocenters. The van der Waals surface area contributed by atoms with Crippen LogP contribution in [0.3, 0.4) is 0 Å². The molecule has 0 fully saturated rings. The topological polar surface area (TPSA) is 54.4 Å². The zero-order chi connectivity index (χ0) is 33.2. The van der Waals surface area contributed by atoms with Gasteiger partial charge in [-0.25, -0.2) is 0 Å². The Kier molecular flexibility index (Phi) is 9.11. The maximum atomic E-state index is 13.4. The highest BCUT2D eigenvalue weighted by molar-refractivity contribution is 8.16. The molecule has 7 heteroatoms. The minimum atomic E-state index is -0.764. The lowest BCUT2D eigenvalue weighted by Crippen LogP contribution is -2.09. The van der Waals surface area contributed by atoms with Gasteiger partial charge in [-0.15, -0.1) is 0 Å². The summed E-state index contributed by atoms with van der Waals surface area (Å²) in [5.74, 6) is -1.88. The summed E-state index contributed by atoms with van der Waals surface area (Å²) in [5.41, 5.74) is 4.87. The maximum Gasteiger partial charge on any atom is 0.240 e. The van der Waals surface area contributed by atoms with E-state index in [4.69, 9.17) is 23.2 Å². The van der Waals surface area contributed by atoms with Gasteiger partial charge in [0.15, 0.2) is 0 Å². The number of aliphatic hydroxyl groups is 1. The minimum Gasteiger partial charge on any atom is -0.506 e. The number of allylic oxidation sites excluding steroid dienone is 6. The van der Waals surface area contributed by atoms with Gasteiger partial charge in [-0.3, -0.25) is 9.59 Å². The molecule has 0 bridgehead atoms. The molecule has 1 N–H and O–H groups in total. The largest absolute Gasteiger partial charge is 0.506 e. The van der Waals surface area contributed by atoms with Crippen LogP contribution in [-0.2, 0) is 9.59 Å². The van der Waals surface area contributed by atoms with Crippen molar-refractivity contribution in [3.8, 4) is 20.9 Å². The number of benzene rings is 4. The fourth-order valence-corrected chi connectivity index (χ4v) is 8.42. The quantitative estimate of drug-likeness (QED) is 0.109. The first-order valence-corrected chi connectivity index (χ1v) is 17.4. The zero-order valence-corrected chi connectivity index (χ0v) is 28.3. The maximum absolute atomic E-state index is 13.4. The van der Waals surface area contributed by atoms with Crippen LogP contribution in [0.25, 0.3) is 36.8 Å². The average Bonchev–Trinajstić information content (AvgIpc) is 3.31. The van der Waals surface area contributed by atoms with E-state index in [0.29, 0.717) is 21.2 Å². The minimum absolute atomic E-state index is 0.0556. The SMILES string of the molecule is O=C1C(=O)/C(=C/c2cc(-c3ccccc3)[s+]c(-c3ccccc3Cl)c2)C(O)=C1/C=C1/C=C(c2ccccc2)SC(c2ccccc2Cl)=C1. The second-order valence-corrected chi connectivity index (χ2v) is 14.0. The fraction of sp³-hybridized carbons (Fsp3) is 0. The number of carbonyl (C=O) groups is 2. The first-order chi connectivity index (χ1) is 23.4. The average molecular weight is 701 g/mol. The van der Waals surface area contributed by atoms with Crippen molar-refractivity contribution in [3.05, 3.63) is 189 Å². The molecule has 0 saturated carbocycles. The summed E-state index contributed by atoms with van der Waals surface area (Å²) >= 11 is 16.3. The van der Waals surface area contributed by atoms with Crippen LogP contribution >= 0.6 is 46.3 Å². The summed E-state index contributed by atoms with van der Waals surface area (Å²) in [5, 5.41) is 12.6. The molecule has 0 amide bonds. The number of Topliss-reactive ketones (excluding diaryl/α,β-unsaturated/α-hetero) is 2. The highest BCUT2D eigenvalue weighted by atomic mass is 35.5. The van der Waals surface area contributed by atoms with E-state index in [0.717, 1.165) is 41.8 Å². The second kappa shape index (κ2) is 13.8. The van der Waals surface area contributed by atoms with E-state index in [9.17, 15) is 14.7 Å². The van der Waals surface area contributed by atoms with Crippen molar-refractivity contribution in [2.24, 2.45) is 0 Å². The monoisotopic (exact) mass is 699 g/mol. The van der Waals surface area contributed by atoms with Crippen LogP contribution in [0.5, 0.6) is 0 Å². The zero-order valence-electron chi connectivity index (χ0n) is 25.2. The lowest BCUT2D eigenvalue weighted by Gasteiger charge is -2.18. The van der Waals surface area contributed by atoms with Gasteiger partial charge in [0.2, 0.25) is 32.7 Å². The second-order valence-electron chi connectivity index (χ2n) is 11.1. The van der Waals surface area contributed by atoms with Crippen molar-refractivity contribution >= 4 is 73.8 Å². The fourth-order valence-electron chi connectivity index (χ4n) is 5.49. The van der Waals surface area contributed by atoms with Crippen molar-refractivity contribution in [1.82, 2.24) is 0 Å². The lowest BCUT2D eigenvalue weighted by atomic mass is 10.0. The molecule has 5 aromatic rings. The van der Waals surface area contributed by atoms with E-state index in [-0.39, 0.29) is 16.9 Å². The molecule has 1 aliphatic carbocycles. The Hall–Kier alpha value is -4.78. The van der Waals surface area contributed by atoms with Crippen LogP contribution in [0.2, 0.25) is 10.0 Å². The number of carbonyl (C=O) groups excluding carboxylic acids is 2. The smallest absolute Gasteiger partial charge is 0.240 e. The molecule has 2 aliphatic rings. The highest BCUT2D eigenvalue weighted by Gasteiger charge is 2.36. The van der Waals surface area contributed by atoms with Gasteiger partial charge in [-0.05, 0) is 71.3 Å². The Balaban J connectivity index is 1.34. The van der Waals surface area contributed by atoms with Gasteiger partial charge < -0.3 is 5.11 Å². The third-order valence-electron chi connectivity index (χ3n) is 7.85. The van der Waals surface area contributed by atoms with Crippen molar-refractivity contribution in [2.45, 2.75) is 0 Å². The summed E-state index contributed by atoms with van der Waals surface area (Å²) in [6, 6.07) is 38.8. The Labute approximate surface area is 296 Å². The Bertz CT molecular complexity index is 2270. The number of hydrogen-bond acceptors (Lipinski definition) is 4. The Morgan fingerprint density at radius 1 is 0.604 bits per heavy atom. The Morgan fingerprint density at radius 3 is 1.83 bits per heavy atom. The van der Waals surface area contributed by atoms with Crippen LogP contribution in [0.4, 0.5) is 0 Å². The molecule has 0 spiro atoms.